The van der Waals surface area contributed by atoms with Crippen molar-refractivity contribution in [2.75, 3.05) is 25.7 Å². The third kappa shape index (κ3) is 5.58. The number of methoxy groups -OCH3 is 2. The molecule has 2 aromatic carbocycles. The molecule has 1 fully saturated rings. The van der Waals surface area contributed by atoms with E-state index in [0.29, 0.717) is 51.5 Å². The summed E-state index contributed by atoms with van der Waals surface area (Å²) in [4.78, 5) is 45.2. The van der Waals surface area contributed by atoms with Crippen LogP contribution < -0.4 is 19.1 Å². The molecule has 0 spiro atoms. The van der Waals surface area contributed by atoms with E-state index in [1.807, 2.05) is 0 Å². The van der Waals surface area contributed by atoms with Crippen LogP contribution in [0.2, 0.25) is 0 Å². The smallest absolute Gasteiger partial charge is 0.301 e. The van der Waals surface area contributed by atoms with E-state index in [9.17, 15) is 19.5 Å². The number of hydrogen-bond acceptors (Lipinski definition) is 9. The lowest BCUT2D eigenvalue weighted by Gasteiger charge is -2.24. The number of aliphatic hydroxyl groups is 1. The average molecular weight is 565 g/mol. The van der Waals surface area contributed by atoms with Crippen molar-refractivity contribution in [2.24, 2.45) is 5.92 Å². The number of carbonyl (C=O) groups excluding carboxylic acids is 3. The number of amides is 1. The molecule has 4 rings (SSSR count). The van der Waals surface area contributed by atoms with Crippen LogP contribution in [0, 0.1) is 12.8 Å². The number of rotatable bonds is 10. The van der Waals surface area contributed by atoms with Gasteiger partial charge in [0.2, 0.25) is 0 Å². The number of thiazole rings is 1. The van der Waals surface area contributed by atoms with Crippen molar-refractivity contribution in [1.29, 1.82) is 0 Å². The number of benzene rings is 2. The number of anilines is 1. The molecule has 2 heterocycles. The second-order valence-electron chi connectivity index (χ2n) is 9.81. The summed E-state index contributed by atoms with van der Waals surface area (Å²) < 4.78 is 16.7. The predicted molar refractivity (Wildman–Crippen MR) is 153 cm³/mol. The van der Waals surface area contributed by atoms with Gasteiger partial charge in [-0.1, -0.05) is 31.3 Å². The van der Waals surface area contributed by atoms with E-state index in [-0.39, 0.29) is 22.2 Å². The highest BCUT2D eigenvalue weighted by Crippen LogP contribution is 2.45. The molecular weight excluding hydrogens is 532 g/mol. The quantitative estimate of drug-likeness (QED) is 0.144. The van der Waals surface area contributed by atoms with Crippen LogP contribution in [0.3, 0.4) is 0 Å². The van der Waals surface area contributed by atoms with Crippen LogP contribution in [0.15, 0.2) is 48.0 Å². The van der Waals surface area contributed by atoms with Gasteiger partial charge < -0.3 is 19.3 Å². The van der Waals surface area contributed by atoms with Gasteiger partial charge in [-0.2, -0.15) is 0 Å². The maximum absolute atomic E-state index is 13.5. The minimum Gasteiger partial charge on any atom is -0.507 e. The molecule has 40 heavy (non-hydrogen) atoms. The number of nitrogens with zero attached hydrogens (tertiary/aromatic N) is 2. The molecule has 0 bridgehead atoms. The molecule has 1 aliphatic heterocycles. The molecule has 9 nitrogen and oxygen atoms in total. The minimum absolute atomic E-state index is 0.108. The van der Waals surface area contributed by atoms with Crippen molar-refractivity contribution >= 4 is 39.7 Å². The van der Waals surface area contributed by atoms with Crippen LogP contribution in [0.1, 0.15) is 59.7 Å². The molecule has 210 valence electrons. The molecule has 1 unspecified atom stereocenters. The number of aromatic nitrogens is 1. The Hall–Kier alpha value is -4.18. The second kappa shape index (κ2) is 11.9. The molecule has 1 amide bonds. The summed E-state index contributed by atoms with van der Waals surface area (Å²) in [5, 5.41) is 11.6. The number of Topliss-reactive ketones (excluding diaryl/α,β-unsaturated/α-hetero) is 2. The third-order valence-electron chi connectivity index (χ3n) is 6.58. The summed E-state index contributed by atoms with van der Waals surface area (Å²) in [6.45, 7) is 7.80. The predicted octanol–water partition coefficient (Wildman–Crippen LogP) is 5.72. The number of hydrogen-bond donors (Lipinski definition) is 1. The summed E-state index contributed by atoms with van der Waals surface area (Å²) >= 11 is 1.03. The molecule has 1 N–H and O–H groups in total. The molecule has 1 saturated heterocycles. The summed E-state index contributed by atoms with van der Waals surface area (Å²) in [7, 11) is 3.03. The largest absolute Gasteiger partial charge is 0.507 e. The fraction of sp³-hybridized carbons (Fsp3) is 0.333. The molecule has 3 aromatic rings. The lowest BCUT2D eigenvalue weighted by molar-refractivity contribution is -0.132. The van der Waals surface area contributed by atoms with Crippen LogP contribution >= 0.6 is 11.3 Å². The van der Waals surface area contributed by atoms with Gasteiger partial charge in [0.25, 0.3) is 5.78 Å². The first kappa shape index (κ1) is 28.8. The van der Waals surface area contributed by atoms with Gasteiger partial charge >= 0.3 is 5.91 Å². The number of ketones is 2. The van der Waals surface area contributed by atoms with Crippen molar-refractivity contribution in [1.82, 2.24) is 4.98 Å². The monoisotopic (exact) mass is 564 g/mol. The Morgan fingerprint density at radius 1 is 1.07 bits per heavy atom. The van der Waals surface area contributed by atoms with Crippen LogP contribution in [0.4, 0.5) is 5.13 Å². The zero-order chi connectivity index (χ0) is 29.1. The summed E-state index contributed by atoms with van der Waals surface area (Å²) in [6, 6.07) is 10.6. The minimum atomic E-state index is -1.04. The number of ether oxygens (including phenoxy) is 3. The standard InChI is InChI=1S/C30H32N2O7S/c1-16(2)13-14-39-22-12-9-20(15-23(22)38-6)25-24(26(34)19-7-10-21(37-5)11-8-19)27(35)29(36)32(25)30-31-17(3)28(40-30)18(4)33/h7-12,15-16,25,34H,13-14H2,1-6H3/b26-24-. The maximum atomic E-state index is 13.5. The van der Waals surface area contributed by atoms with Gasteiger partial charge in [0.15, 0.2) is 22.4 Å². The van der Waals surface area contributed by atoms with Crippen molar-refractivity contribution in [3.05, 3.63) is 69.7 Å². The first-order valence-electron chi connectivity index (χ1n) is 12.8. The van der Waals surface area contributed by atoms with E-state index in [4.69, 9.17) is 14.2 Å². The van der Waals surface area contributed by atoms with Crippen LogP contribution in [0.25, 0.3) is 5.76 Å². The zero-order valence-electron chi connectivity index (χ0n) is 23.3. The lowest BCUT2D eigenvalue weighted by atomic mass is 9.95. The Balaban J connectivity index is 1.88. The Kier molecular flexibility index (Phi) is 8.58. The molecule has 0 saturated carbocycles. The van der Waals surface area contributed by atoms with Gasteiger partial charge in [0, 0.05) is 12.5 Å². The van der Waals surface area contributed by atoms with Crippen LogP contribution in [-0.2, 0) is 9.59 Å². The lowest BCUT2D eigenvalue weighted by Crippen LogP contribution is -2.29. The van der Waals surface area contributed by atoms with E-state index in [1.54, 1.807) is 49.4 Å². The summed E-state index contributed by atoms with van der Waals surface area (Å²) in [6.07, 6.45) is 0.856. The van der Waals surface area contributed by atoms with Crippen molar-refractivity contribution < 1.29 is 33.7 Å². The van der Waals surface area contributed by atoms with Gasteiger partial charge in [-0.05, 0) is 61.2 Å². The zero-order valence-corrected chi connectivity index (χ0v) is 24.1. The van der Waals surface area contributed by atoms with Gasteiger partial charge in [0.1, 0.15) is 11.5 Å². The van der Waals surface area contributed by atoms with E-state index >= 15 is 0 Å². The molecule has 0 radical (unpaired) electrons. The Bertz CT molecular complexity index is 1470. The highest BCUT2D eigenvalue weighted by atomic mass is 32.1. The Morgan fingerprint density at radius 2 is 1.77 bits per heavy atom. The average Bonchev–Trinajstić information content (AvgIpc) is 3.44. The fourth-order valence-corrected chi connectivity index (χ4v) is 5.43. The van der Waals surface area contributed by atoms with Gasteiger partial charge in [-0.3, -0.25) is 19.3 Å². The number of carbonyl (C=O) groups is 3. The van der Waals surface area contributed by atoms with Gasteiger partial charge in [0.05, 0.1) is 43.0 Å². The molecule has 10 heteroatoms. The first-order valence-corrected chi connectivity index (χ1v) is 13.6. The Labute approximate surface area is 237 Å². The number of aliphatic hydroxyl groups excluding tert-OH is 1. The fourth-order valence-electron chi connectivity index (χ4n) is 4.44. The van der Waals surface area contributed by atoms with E-state index in [2.05, 4.69) is 18.8 Å². The number of aryl methyl sites for hydroxylation is 1. The topological polar surface area (TPSA) is 115 Å². The molecule has 1 aromatic heterocycles. The first-order chi connectivity index (χ1) is 19.1. The molecule has 0 aliphatic carbocycles. The SMILES string of the molecule is COc1ccc(/C(O)=C2/C(=O)C(=O)N(c3nc(C)c(C(C)=O)s3)C2c2ccc(OCCC(C)C)c(OC)c2)cc1. The van der Waals surface area contributed by atoms with E-state index in [0.717, 1.165) is 17.8 Å². The van der Waals surface area contributed by atoms with Crippen molar-refractivity contribution in [3.8, 4) is 17.2 Å². The Morgan fingerprint density at radius 3 is 2.35 bits per heavy atom. The molecular formula is C30H32N2O7S. The highest BCUT2D eigenvalue weighted by molar-refractivity contribution is 7.18. The van der Waals surface area contributed by atoms with Crippen molar-refractivity contribution in [3.63, 3.8) is 0 Å². The summed E-state index contributed by atoms with van der Waals surface area (Å²) in [5.41, 5.74) is 1.18. The van der Waals surface area contributed by atoms with E-state index < -0.39 is 17.7 Å². The maximum Gasteiger partial charge on any atom is 0.301 e. The summed E-state index contributed by atoms with van der Waals surface area (Å²) in [5.74, 6) is -0.307. The molecule has 1 atom stereocenters. The van der Waals surface area contributed by atoms with Crippen LogP contribution in [0.5, 0.6) is 17.2 Å². The van der Waals surface area contributed by atoms with E-state index in [1.165, 1.54) is 26.0 Å². The second-order valence-corrected chi connectivity index (χ2v) is 10.8. The third-order valence-corrected chi connectivity index (χ3v) is 7.83. The normalized spacial score (nSPS) is 16.5. The van der Waals surface area contributed by atoms with Crippen molar-refractivity contribution in [2.45, 2.75) is 40.2 Å². The molecule has 1 aliphatic rings. The van der Waals surface area contributed by atoms with Crippen LogP contribution in [-0.4, -0.2) is 48.4 Å². The highest BCUT2D eigenvalue weighted by Gasteiger charge is 2.48. The van der Waals surface area contributed by atoms with Gasteiger partial charge in [-0.15, -0.1) is 0 Å². The van der Waals surface area contributed by atoms with Gasteiger partial charge in [-0.25, -0.2) is 4.98 Å².